The Labute approximate surface area is 119 Å². The highest BCUT2D eigenvalue weighted by atomic mass is 32.2. The Hall–Kier alpha value is -1.69. The topological polar surface area (TPSA) is 66.4 Å². The highest BCUT2D eigenvalue weighted by Crippen LogP contribution is 2.08. The number of sulfonamides is 1. The fourth-order valence-corrected chi connectivity index (χ4v) is 2.88. The van der Waals surface area contributed by atoms with Crippen molar-refractivity contribution in [2.75, 3.05) is 6.54 Å². The zero-order valence-corrected chi connectivity index (χ0v) is 11.8. The zero-order valence-electron chi connectivity index (χ0n) is 11.0. The highest BCUT2D eigenvalue weighted by Gasteiger charge is 2.11. The molecule has 2 N–H and O–H groups in total. The molecular formula is C15H17NO3S. The van der Waals surface area contributed by atoms with Gasteiger partial charge in [0.15, 0.2) is 0 Å². The lowest BCUT2D eigenvalue weighted by Gasteiger charge is -2.07. The van der Waals surface area contributed by atoms with Crippen molar-refractivity contribution in [3.63, 3.8) is 0 Å². The summed E-state index contributed by atoms with van der Waals surface area (Å²) in [5, 5.41) is 8.95. The van der Waals surface area contributed by atoms with Crippen LogP contribution >= 0.6 is 0 Å². The molecule has 0 atom stereocenters. The molecule has 106 valence electrons. The van der Waals surface area contributed by atoms with Crippen LogP contribution in [-0.2, 0) is 23.1 Å². The number of hydrogen-bond donors (Lipinski definition) is 2. The van der Waals surface area contributed by atoms with Crippen molar-refractivity contribution in [2.45, 2.75) is 17.9 Å². The standard InChI is InChI=1S/C15H17NO3S/c17-12-14-8-6-13(7-9-14)10-11-16-20(18,19)15-4-2-1-3-5-15/h1-9,16-17H,10-12H2. The van der Waals surface area contributed by atoms with Gasteiger partial charge in [-0.2, -0.15) is 0 Å². The van der Waals surface area contributed by atoms with Crippen molar-refractivity contribution in [2.24, 2.45) is 0 Å². The number of hydrogen-bond acceptors (Lipinski definition) is 3. The molecule has 0 amide bonds. The van der Waals surface area contributed by atoms with E-state index in [1.807, 2.05) is 24.3 Å². The largest absolute Gasteiger partial charge is 0.392 e. The van der Waals surface area contributed by atoms with Gasteiger partial charge in [-0.15, -0.1) is 0 Å². The third-order valence-electron chi connectivity index (χ3n) is 2.96. The minimum atomic E-state index is -3.43. The summed E-state index contributed by atoms with van der Waals surface area (Å²) >= 11 is 0. The van der Waals surface area contributed by atoms with E-state index in [9.17, 15) is 8.42 Å². The van der Waals surface area contributed by atoms with Gasteiger partial charge in [-0.05, 0) is 29.7 Å². The van der Waals surface area contributed by atoms with Crippen LogP contribution in [0.1, 0.15) is 11.1 Å². The molecule has 0 saturated carbocycles. The summed E-state index contributed by atoms with van der Waals surface area (Å²) in [5.41, 5.74) is 1.87. The Morgan fingerprint density at radius 2 is 1.50 bits per heavy atom. The first-order valence-corrected chi connectivity index (χ1v) is 7.83. The van der Waals surface area contributed by atoms with Crippen LogP contribution < -0.4 is 4.72 Å². The van der Waals surface area contributed by atoms with Crippen LogP contribution in [0.5, 0.6) is 0 Å². The van der Waals surface area contributed by atoms with Crippen LogP contribution in [0.25, 0.3) is 0 Å². The van der Waals surface area contributed by atoms with Crippen LogP contribution in [0.3, 0.4) is 0 Å². The van der Waals surface area contributed by atoms with Crippen molar-refractivity contribution in [1.82, 2.24) is 4.72 Å². The van der Waals surface area contributed by atoms with Gasteiger partial charge >= 0.3 is 0 Å². The van der Waals surface area contributed by atoms with E-state index in [2.05, 4.69) is 4.72 Å². The normalized spacial score (nSPS) is 11.4. The number of aliphatic hydroxyl groups excluding tert-OH is 1. The fraction of sp³-hybridized carbons (Fsp3) is 0.200. The lowest BCUT2D eigenvalue weighted by atomic mass is 10.1. The second-order valence-corrected chi connectivity index (χ2v) is 6.20. The Morgan fingerprint density at radius 3 is 2.10 bits per heavy atom. The van der Waals surface area contributed by atoms with Crippen LogP contribution in [0, 0.1) is 0 Å². The monoisotopic (exact) mass is 291 g/mol. The third kappa shape index (κ3) is 3.90. The molecule has 0 aliphatic rings. The molecule has 0 fully saturated rings. The van der Waals surface area contributed by atoms with Crippen molar-refractivity contribution in [3.8, 4) is 0 Å². The first-order valence-electron chi connectivity index (χ1n) is 6.35. The number of nitrogens with one attached hydrogen (secondary N) is 1. The predicted octanol–water partition coefficient (Wildman–Crippen LogP) is 1.70. The second-order valence-electron chi connectivity index (χ2n) is 4.44. The van der Waals surface area contributed by atoms with Crippen LogP contribution in [-0.4, -0.2) is 20.1 Å². The summed E-state index contributed by atoms with van der Waals surface area (Å²) < 4.78 is 26.5. The quantitative estimate of drug-likeness (QED) is 0.851. The van der Waals surface area contributed by atoms with Gasteiger partial charge in [0.1, 0.15) is 0 Å². The van der Waals surface area contributed by atoms with E-state index in [1.165, 1.54) is 0 Å². The summed E-state index contributed by atoms with van der Waals surface area (Å²) in [6.45, 7) is 0.358. The second kappa shape index (κ2) is 6.65. The Bertz CT molecular complexity index is 637. The van der Waals surface area contributed by atoms with E-state index >= 15 is 0 Å². The van der Waals surface area contributed by atoms with Crippen molar-refractivity contribution in [3.05, 3.63) is 65.7 Å². The molecule has 0 unspecified atom stereocenters. The van der Waals surface area contributed by atoms with E-state index < -0.39 is 10.0 Å². The minimum absolute atomic E-state index is 0.0148. The van der Waals surface area contributed by atoms with E-state index in [0.29, 0.717) is 13.0 Å². The summed E-state index contributed by atoms with van der Waals surface area (Å²) in [4.78, 5) is 0.274. The van der Waals surface area contributed by atoms with Crippen molar-refractivity contribution < 1.29 is 13.5 Å². The smallest absolute Gasteiger partial charge is 0.240 e. The molecule has 20 heavy (non-hydrogen) atoms. The molecule has 0 spiro atoms. The Morgan fingerprint density at radius 1 is 0.900 bits per heavy atom. The SMILES string of the molecule is O=S(=O)(NCCc1ccc(CO)cc1)c1ccccc1. The summed E-state index contributed by atoms with van der Waals surface area (Å²) in [5.74, 6) is 0. The molecule has 0 bridgehead atoms. The molecule has 0 aliphatic carbocycles. The number of aliphatic hydroxyl groups is 1. The van der Waals surface area contributed by atoms with Gasteiger partial charge in [0.2, 0.25) is 10.0 Å². The van der Waals surface area contributed by atoms with E-state index in [4.69, 9.17) is 5.11 Å². The molecule has 2 rings (SSSR count). The average molecular weight is 291 g/mol. The van der Waals surface area contributed by atoms with E-state index in [0.717, 1.165) is 11.1 Å². The van der Waals surface area contributed by atoms with Gasteiger partial charge in [0.25, 0.3) is 0 Å². The lowest BCUT2D eigenvalue weighted by Crippen LogP contribution is -2.25. The molecule has 0 heterocycles. The minimum Gasteiger partial charge on any atom is -0.392 e. The van der Waals surface area contributed by atoms with Crippen LogP contribution in [0.4, 0.5) is 0 Å². The van der Waals surface area contributed by atoms with Crippen molar-refractivity contribution in [1.29, 1.82) is 0 Å². The van der Waals surface area contributed by atoms with Gasteiger partial charge < -0.3 is 5.11 Å². The Balaban J connectivity index is 1.92. The molecule has 5 heteroatoms. The maximum Gasteiger partial charge on any atom is 0.240 e. The van der Waals surface area contributed by atoms with Gasteiger partial charge in [-0.1, -0.05) is 42.5 Å². The molecule has 0 radical (unpaired) electrons. The molecule has 2 aromatic carbocycles. The summed E-state index contributed by atoms with van der Waals surface area (Å²) in [6.07, 6.45) is 0.609. The van der Waals surface area contributed by atoms with E-state index in [1.54, 1.807) is 30.3 Å². The first-order chi connectivity index (χ1) is 9.62. The van der Waals surface area contributed by atoms with Crippen molar-refractivity contribution >= 4 is 10.0 Å². The molecular weight excluding hydrogens is 274 g/mol. The molecule has 0 aliphatic heterocycles. The fourth-order valence-electron chi connectivity index (χ4n) is 1.82. The third-order valence-corrected chi connectivity index (χ3v) is 4.44. The van der Waals surface area contributed by atoms with Crippen LogP contribution in [0.2, 0.25) is 0 Å². The maximum atomic E-state index is 12.0. The molecule has 4 nitrogen and oxygen atoms in total. The predicted molar refractivity (Wildman–Crippen MR) is 77.7 cm³/mol. The van der Waals surface area contributed by atoms with Gasteiger partial charge in [0.05, 0.1) is 11.5 Å². The summed E-state index contributed by atoms with van der Waals surface area (Å²) in [6, 6.07) is 15.8. The van der Waals surface area contributed by atoms with Gasteiger partial charge in [-0.3, -0.25) is 0 Å². The van der Waals surface area contributed by atoms with Gasteiger partial charge in [-0.25, -0.2) is 13.1 Å². The number of benzene rings is 2. The van der Waals surface area contributed by atoms with Gasteiger partial charge in [0, 0.05) is 6.54 Å². The van der Waals surface area contributed by atoms with Crippen LogP contribution in [0.15, 0.2) is 59.5 Å². The van der Waals surface area contributed by atoms with E-state index in [-0.39, 0.29) is 11.5 Å². The molecule has 0 aromatic heterocycles. The average Bonchev–Trinajstić information content (AvgIpc) is 2.49. The zero-order chi connectivity index (χ0) is 14.4. The highest BCUT2D eigenvalue weighted by molar-refractivity contribution is 7.89. The summed E-state index contributed by atoms with van der Waals surface area (Å²) in [7, 11) is -3.43. The maximum absolute atomic E-state index is 12.0. The lowest BCUT2D eigenvalue weighted by molar-refractivity contribution is 0.282. The number of rotatable bonds is 6. The molecule has 2 aromatic rings. The first kappa shape index (κ1) is 14.7. The Kier molecular flexibility index (Phi) is 4.89. The molecule has 0 saturated heterocycles.